The summed E-state index contributed by atoms with van der Waals surface area (Å²) in [7, 11) is 4.14. The first-order chi connectivity index (χ1) is 14.0. The summed E-state index contributed by atoms with van der Waals surface area (Å²) < 4.78 is 13.3. The van der Waals surface area contributed by atoms with Gasteiger partial charge in [-0.15, -0.1) is 0 Å². The molecule has 0 aliphatic rings. The summed E-state index contributed by atoms with van der Waals surface area (Å²) in [4.78, 5) is 10.0. The highest BCUT2D eigenvalue weighted by molar-refractivity contribution is 5.83. The molecule has 0 unspecified atom stereocenters. The maximum atomic E-state index is 13.3. The van der Waals surface area contributed by atoms with Crippen LogP contribution < -0.4 is 10.6 Å². The molecular weight excluding hydrogens is 365 g/mol. The second kappa shape index (κ2) is 10.1. The molecule has 3 aromatic rings. The third-order valence-electron chi connectivity index (χ3n) is 4.67. The second-order valence-electron chi connectivity index (χ2n) is 7.43. The van der Waals surface area contributed by atoms with E-state index in [1.807, 2.05) is 12.3 Å². The lowest BCUT2D eigenvalue weighted by atomic mass is 10.1. The topological polar surface area (TPSA) is 55.5 Å². The van der Waals surface area contributed by atoms with Crippen LogP contribution in [0.25, 0.3) is 10.9 Å². The zero-order valence-electron chi connectivity index (χ0n) is 17.4. The molecular formula is C23H30FN5. The van der Waals surface area contributed by atoms with E-state index in [1.165, 1.54) is 28.8 Å². The van der Waals surface area contributed by atoms with Gasteiger partial charge >= 0.3 is 0 Å². The molecule has 0 bridgehead atoms. The molecule has 6 heteroatoms. The number of aromatic amines is 1. The van der Waals surface area contributed by atoms with Gasteiger partial charge in [0.1, 0.15) is 5.82 Å². The molecule has 0 fully saturated rings. The van der Waals surface area contributed by atoms with Crippen molar-refractivity contribution in [3.05, 3.63) is 71.2 Å². The SMILES string of the molecule is CCNC(=NCc1cccc(CN(C)C)c1)NCCc1c[nH]c2cc(F)ccc12. The second-order valence-corrected chi connectivity index (χ2v) is 7.43. The lowest BCUT2D eigenvalue weighted by Crippen LogP contribution is -2.38. The average molecular weight is 396 g/mol. The molecule has 0 aliphatic carbocycles. The Kier molecular flexibility index (Phi) is 7.25. The Morgan fingerprint density at radius 1 is 1.10 bits per heavy atom. The van der Waals surface area contributed by atoms with Gasteiger partial charge in [0.2, 0.25) is 0 Å². The van der Waals surface area contributed by atoms with Crippen molar-refractivity contribution in [2.75, 3.05) is 27.2 Å². The van der Waals surface area contributed by atoms with Crippen LogP contribution in [0.3, 0.4) is 0 Å². The molecule has 3 rings (SSSR count). The maximum Gasteiger partial charge on any atom is 0.191 e. The van der Waals surface area contributed by atoms with Crippen molar-refractivity contribution in [2.45, 2.75) is 26.4 Å². The van der Waals surface area contributed by atoms with Crippen molar-refractivity contribution >= 4 is 16.9 Å². The number of hydrogen-bond donors (Lipinski definition) is 3. The minimum atomic E-state index is -0.222. The van der Waals surface area contributed by atoms with Crippen LogP contribution in [0.4, 0.5) is 4.39 Å². The molecule has 0 saturated carbocycles. The van der Waals surface area contributed by atoms with E-state index in [-0.39, 0.29) is 5.82 Å². The average Bonchev–Trinajstić information content (AvgIpc) is 3.08. The van der Waals surface area contributed by atoms with E-state index < -0.39 is 0 Å². The first-order valence-electron chi connectivity index (χ1n) is 10.1. The minimum absolute atomic E-state index is 0.222. The Bertz CT molecular complexity index is 961. The normalized spacial score (nSPS) is 12.0. The van der Waals surface area contributed by atoms with E-state index in [0.717, 1.165) is 42.9 Å². The highest BCUT2D eigenvalue weighted by Gasteiger charge is 2.05. The van der Waals surface area contributed by atoms with Gasteiger partial charge in [-0.05, 0) is 62.3 Å². The smallest absolute Gasteiger partial charge is 0.191 e. The van der Waals surface area contributed by atoms with Gasteiger partial charge in [0.25, 0.3) is 0 Å². The fourth-order valence-corrected chi connectivity index (χ4v) is 3.38. The number of rotatable bonds is 8. The number of nitrogens with zero attached hydrogens (tertiary/aromatic N) is 2. The molecule has 1 heterocycles. The quantitative estimate of drug-likeness (QED) is 0.403. The van der Waals surface area contributed by atoms with Gasteiger partial charge in [-0.1, -0.05) is 24.3 Å². The van der Waals surface area contributed by atoms with E-state index in [9.17, 15) is 4.39 Å². The van der Waals surface area contributed by atoms with Crippen LogP contribution in [0.15, 0.2) is 53.7 Å². The summed E-state index contributed by atoms with van der Waals surface area (Å²) in [5, 5.41) is 7.76. The van der Waals surface area contributed by atoms with E-state index in [4.69, 9.17) is 4.99 Å². The highest BCUT2D eigenvalue weighted by Crippen LogP contribution is 2.19. The number of benzene rings is 2. The van der Waals surface area contributed by atoms with Crippen molar-refractivity contribution in [1.82, 2.24) is 20.5 Å². The van der Waals surface area contributed by atoms with E-state index in [0.29, 0.717) is 6.54 Å². The number of guanidine groups is 1. The molecule has 3 N–H and O–H groups in total. The number of fused-ring (bicyclic) bond motifs is 1. The first-order valence-corrected chi connectivity index (χ1v) is 10.1. The Morgan fingerprint density at radius 2 is 1.93 bits per heavy atom. The van der Waals surface area contributed by atoms with E-state index in [1.54, 1.807) is 0 Å². The predicted octanol–water partition coefficient (Wildman–Crippen LogP) is 3.67. The standard InChI is InChI=1S/C23H30FN5/c1-4-25-23(28-14-17-6-5-7-18(12-17)16-29(2)3)26-11-10-19-15-27-22-13-20(24)8-9-21(19)22/h5-9,12-13,15,27H,4,10-11,14,16H2,1-3H3,(H2,25,26,28). The largest absolute Gasteiger partial charge is 0.361 e. The molecule has 0 aliphatic heterocycles. The summed E-state index contributed by atoms with van der Waals surface area (Å²) in [6, 6.07) is 13.4. The zero-order chi connectivity index (χ0) is 20.6. The Labute approximate surface area is 172 Å². The number of aromatic nitrogens is 1. The fourth-order valence-electron chi connectivity index (χ4n) is 3.38. The molecule has 154 valence electrons. The lowest BCUT2D eigenvalue weighted by Gasteiger charge is -2.12. The Morgan fingerprint density at radius 3 is 2.72 bits per heavy atom. The molecule has 0 spiro atoms. The number of hydrogen-bond acceptors (Lipinski definition) is 2. The maximum absolute atomic E-state index is 13.3. The van der Waals surface area contributed by atoms with Crippen molar-refractivity contribution in [3.63, 3.8) is 0 Å². The van der Waals surface area contributed by atoms with Crippen molar-refractivity contribution in [3.8, 4) is 0 Å². The van der Waals surface area contributed by atoms with Crippen molar-refractivity contribution < 1.29 is 4.39 Å². The molecule has 2 aromatic carbocycles. The van der Waals surface area contributed by atoms with Crippen LogP contribution in [0.5, 0.6) is 0 Å². The number of aliphatic imine (C=N–C) groups is 1. The molecule has 0 amide bonds. The molecule has 0 saturated heterocycles. The zero-order valence-corrected chi connectivity index (χ0v) is 17.4. The number of H-pyrrole nitrogens is 1. The summed E-state index contributed by atoms with van der Waals surface area (Å²) in [5.41, 5.74) is 4.48. The summed E-state index contributed by atoms with van der Waals surface area (Å²) in [5.74, 6) is 0.580. The van der Waals surface area contributed by atoms with Gasteiger partial charge in [0, 0.05) is 36.7 Å². The summed E-state index contributed by atoms with van der Waals surface area (Å²) >= 11 is 0. The van der Waals surface area contributed by atoms with Crippen LogP contribution in [-0.2, 0) is 19.5 Å². The van der Waals surface area contributed by atoms with Crippen LogP contribution >= 0.6 is 0 Å². The van der Waals surface area contributed by atoms with Gasteiger partial charge in [-0.25, -0.2) is 9.38 Å². The van der Waals surface area contributed by atoms with Gasteiger partial charge in [-0.3, -0.25) is 0 Å². The lowest BCUT2D eigenvalue weighted by molar-refractivity contribution is 0.402. The van der Waals surface area contributed by atoms with Gasteiger partial charge in [-0.2, -0.15) is 0 Å². The van der Waals surface area contributed by atoms with Gasteiger partial charge in [0.15, 0.2) is 5.96 Å². The van der Waals surface area contributed by atoms with E-state index >= 15 is 0 Å². The monoisotopic (exact) mass is 395 g/mol. The first kappa shape index (κ1) is 20.9. The van der Waals surface area contributed by atoms with Crippen LogP contribution in [-0.4, -0.2) is 43.0 Å². The third-order valence-corrected chi connectivity index (χ3v) is 4.67. The number of nitrogens with one attached hydrogen (secondary N) is 3. The molecule has 29 heavy (non-hydrogen) atoms. The fraction of sp³-hybridized carbons (Fsp3) is 0.348. The molecule has 0 radical (unpaired) electrons. The minimum Gasteiger partial charge on any atom is -0.361 e. The van der Waals surface area contributed by atoms with Crippen molar-refractivity contribution in [2.24, 2.45) is 4.99 Å². The van der Waals surface area contributed by atoms with E-state index in [2.05, 4.69) is 65.8 Å². The van der Waals surface area contributed by atoms with Crippen molar-refractivity contribution in [1.29, 1.82) is 0 Å². The van der Waals surface area contributed by atoms with Gasteiger partial charge < -0.3 is 20.5 Å². The summed E-state index contributed by atoms with van der Waals surface area (Å²) in [6.07, 6.45) is 2.78. The highest BCUT2D eigenvalue weighted by atomic mass is 19.1. The van der Waals surface area contributed by atoms with Crippen LogP contribution in [0.1, 0.15) is 23.6 Å². The summed E-state index contributed by atoms with van der Waals surface area (Å²) in [6.45, 7) is 5.16. The van der Waals surface area contributed by atoms with Gasteiger partial charge in [0.05, 0.1) is 6.54 Å². The Balaban J connectivity index is 1.59. The molecule has 1 aromatic heterocycles. The van der Waals surface area contributed by atoms with Crippen LogP contribution in [0.2, 0.25) is 0 Å². The molecule has 5 nitrogen and oxygen atoms in total. The Hall–Kier alpha value is -2.86. The van der Waals surface area contributed by atoms with Crippen LogP contribution in [0, 0.1) is 5.82 Å². The number of halogens is 1. The third kappa shape index (κ3) is 6.06. The predicted molar refractivity (Wildman–Crippen MR) is 119 cm³/mol. The molecule has 0 atom stereocenters.